The lowest BCUT2D eigenvalue weighted by Gasteiger charge is -2.48. The Balaban J connectivity index is 0.000000162. The lowest BCUT2D eigenvalue weighted by molar-refractivity contribution is -0.123. The summed E-state index contributed by atoms with van der Waals surface area (Å²) in [5, 5.41) is 0. The molecule has 6 nitrogen and oxygen atoms in total. The molecule has 6 heteroatoms. The lowest BCUT2D eigenvalue weighted by atomic mass is 9.55. The predicted molar refractivity (Wildman–Crippen MR) is 201 cm³/mol. The van der Waals surface area contributed by atoms with Gasteiger partial charge in [0.25, 0.3) is 0 Å². The van der Waals surface area contributed by atoms with Crippen molar-refractivity contribution in [2.45, 2.75) is 81.5 Å². The highest BCUT2D eigenvalue weighted by molar-refractivity contribution is 5.93. The Morgan fingerprint density at radius 3 is 1.88 bits per heavy atom. The minimum Gasteiger partial charge on any atom is -0.465 e. The van der Waals surface area contributed by atoms with Crippen LogP contribution in [0.4, 0.5) is 0 Å². The number of fused-ring (bicyclic) bond motifs is 6. The van der Waals surface area contributed by atoms with Crippen molar-refractivity contribution in [3.63, 3.8) is 0 Å². The minimum absolute atomic E-state index is 0.00248. The number of ketones is 2. The van der Waals surface area contributed by atoms with Crippen molar-refractivity contribution in [3.8, 4) is 0 Å². The second-order valence-electron chi connectivity index (χ2n) is 14.9. The van der Waals surface area contributed by atoms with E-state index < -0.39 is 0 Å². The first-order chi connectivity index (χ1) is 25.2. The summed E-state index contributed by atoms with van der Waals surface area (Å²) in [6, 6.07) is 32.9. The number of benzene rings is 4. The van der Waals surface area contributed by atoms with E-state index in [-0.39, 0.29) is 28.6 Å². The number of hydrogen-bond acceptors (Lipinski definition) is 6. The van der Waals surface area contributed by atoms with E-state index in [2.05, 4.69) is 60.7 Å². The highest BCUT2D eigenvalue weighted by atomic mass is 16.5. The Kier molecular flexibility index (Phi) is 10.1. The third-order valence-electron chi connectivity index (χ3n) is 12.1. The van der Waals surface area contributed by atoms with Gasteiger partial charge in [-0.1, -0.05) is 78.4 Å². The number of esters is 2. The summed E-state index contributed by atoms with van der Waals surface area (Å²) in [7, 11) is 2.83. The molecule has 0 spiro atoms. The third-order valence-corrected chi connectivity index (χ3v) is 12.1. The van der Waals surface area contributed by atoms with Crippen molar-refractivity contribution in [3.05, 3.63) is 153 Å². The summed E-state index contributed by atoms with van der Waals surface area (Å²) in [6.07, 6.45) is 11.0. The van der Waals surface area contributed by atoms with E-state index in [1.54, 1.807) is 0 Å². The quantitative estimate of drug-likeness (QED) is 0.188. The molecular formula is C46H46O6. The fourth-order valence-electron chi connectivity index (χ4n) is 9.56. The van der Waals surface area contributed by atoms with Gasteiger partial charge in [0.2, 0.25) is 0 Å². The summed E-state index contributed by atoms with van der Waals surface area (Å²) in [5.41, 5.74) is 9.95. The Morgan fingerprint density at radius 1 is 0.654 bits per heavy atom. The van der Waals surface area contributed by atoms with Crippen LogP contribution >= 0.6 is 0 Å². The van der Waals surface area contributed by atoms with Crippen LogP contribution in [0.5, 0.6) is 0 Å². The van der Waals surface area contributed by atoms with Crippen LogP contribution in [0.15, 0.2) is 109 Å². The molecule has 4 aromatic carbocycles. The number of methoxy groups -OCH3 is 2. The van der Waals surface area contributed by atoms with Crippen molar-refractivity contribution in [1.29, 1.82) is 0 Å². The maximum atomic E-state index is 12.1. The molecule has 0 heterocycles. The van der Waals surface area contributed by atoms with Gasteiger partial charge in [0.15, 0.2) is 5.78 Å². The molecule has 1 fully saturated rings. The number of Topliss-reactive ketones (excluding diaryl/α,β-unsaturated/α-hetero) is 1. The van der Waals surface area contributed by atoms with Gasteiger partial charge in [0.1, 0.15) is 5.78 Å². The number of ether oxygens (including phenoxy) is 2. The first kappa shape index (κ1) is 35.3. The van der Waals surface area contributed by atoms with Crippen LogP contribution in [0.1, 0.15) is 99.0 Å². The predicted octanol–water partition coefficient (Wildman–Crippen LogP) is 8.46. The topological polar surface area (TPSA) is 86.7 Å². The molecular weight excluding hydrogens is 649 g/mol. The number of rotatable bonds is 6. The van der Waals surface area contributed by atoms with Gasteiger partial charge >= 0.3 is 11.9 Å². The van der Waals surface area contributed by atoms with Crippen LogP contribution in [0.25, 0.3) is 0 Å². The monoisotopic (exact) mass is 694 g/mol. The maximum absolute atomic E-state index is 12.1. The first-order valence-corrected chi connectivity index (χ1v) is 18.5. The molecule has 0 radical (unpaired) electrons. The zero-order valence-corrected chi connectivity index (χ0v) is 30.1. The van der Waals surface area contributed by atoms with Gasteiger partial charge < -0.3 is 9.47 Å². The van der Waals surface area contributed by atoms with E-state index in [9.17, 15) is 19.2 Å². The van der Waals surface area contributed by atoms with Gasteiger partial charge in [-0.25, -0.2) is 9.59 Å². The van der Waals surface area contributed by atoms with Gasteiger partial charge in [0.05, 0.1) is 25.3 Å². The number of carbonyl (C=O) groups excluding carboxylic acids is 4. The van der Waals surface area contributed by atoms with Crippen LogP contribution in [-0.2, 0) is 55.6 Å². The molecule has 266 valence electrons. The Bertz CT molecular complexity index is 2030. The molecule has 0 unspecified atom stereocenters. The highest BCUT2D eigenvalue weighted by Gasteiger charge is 2.47. The van der Waals surface area contributed by atoms with E-state index in [0.717, 1.165) is 51.4 Å². The average molecular weight is 695 g/mol. The molecule has 0 saturated heterocycles. The van der Waals surface area contributed by atoms with Crippen LogP contribution in [-0.4, -0.2) is 37.7 Å². The molecule has 52 heavy (non-hydrogen) atoms. The fraction of sp³-hybridized carbons (Fsp3) is 0.348. The highest BCUT2D eigenvalue weighted by Crippen LogP contribution is 2.52. The zero-order chi connectivity index (χ0) is 36.3. The molecule has 8 rings (SSSR count). The van der Waals surface area contributed by atoms with E-state index in [4.69, 9.17) is 9.47 Å². The van der Waals surface area contributed by atoms with E-state index >= 15 is 0 Å². The number of hydrogen-bond donors (Lipinski definition) is 0. The second kappa shape index (κ2) is 14.9. The smallest absolute Gasteiger partial charge is 0.337 e. The Morgan fingerprint density at radius 2 is 1.25 bits per heavy atom. The molecule has 0 bridgehead atoms. The standard InChI is InChI=1S/C23H24O3.C23H22O3/c2*1-26-22(25)18-8-10-21-17(13-18)7-9-19-14-20(24)11-12-23(19,21)15-16-5-3-2-4-6-16/h2-6,8,10,13,19H,7,9,11-12,14-15H2,1H3;2-6,8,10,13-14H,7,9,11-12,15H2,1H3/t19-,23+;23-/m10/s1. The van der Waals surface area contributed by atoms with Crippen LogP contribution in [0.2, 0.25) is 0 Å². The lowest BCUT2D eigenvalue weighted by Crippen LogP contribution is -2.46. The molecule has 0 amide bonds. The molecule has 4 aliphatic rings. The molecule has 0 aromatic heterocycles. The van der Waals surface area contributed by atoms with E-state index in [1.165, 1.54) is 53.2 Å². The molecule has 0 aliphatic heterocycles. The summed E-state index contributed by atoms with van der Waals surface area (Å²) in [6.45, 7) is 0. The summed E-state index contributed by atoms with van der Waals surface area (Å²) >= 11 is 0. The van der Waals surface area contributed by atoms with E-state index in [1.807, 2.05) is 42.5 Å². The average Bonchev–Trinajstić information content (AvgIpc) is 3.18. The van der Waals surface area contributed by atoms with Gasteiger partial charge in [-0.15, -0.1) is 0 Å². The molecule has 4 aromatic rings. The molecule has 3 atom stereocenters. The molecule has 4 aliphatic carbocycles. The largest absolute Gasteiger partial charge is 0.465 e. The Hall–Kier alpha value is -5.10. The maximum Gasteiger partial charge on any atom is 0.337 e. The van der Waals surface area contributed by atoms with Gasteiger partial charge in [-0.2, -0.15) is 0 Å². The van der Waals surface area contributed by atoms with Gasteiger partial charge in [-0.3, -0.25) is 9.59 Å². The number of carbonyl (C=O) groups is 4. The van der Waals surface area contributed by atoms with Crippen molar-refractivity contribution in [1.82, 2.24) is 0 Å². The van der Waals surface area contributed by atoms with Crippen LogP contribution in [0, 0.1) is 5.92 Å². The summed E-state index contributed by atoms with van der Waals surface area (Å²) in [5.74, 6) is 0.433. The fourth-order valence-corrected chi connectivity index (χ4v) is 9.56. The Labute approximate surface area is 306 Å². The van der Waals surface area contributed by atoms with Crippen molar-refractivity contribution < 1.29 is 28.7 Å². The second-order valence-corrected chi connectivity index (χ2v) is 14.9. The van der Waals surface area contributed by atoms with Crippen molar-refractivity contribution >= 4 is 23.5 Å². The minimum atomic E-state index is -0.301. The van der Waals surface area contributed by atoms with Crippen LogP contribution < -0.4 is 0 Å². The van der Waals surface area contributed by atoms with Crippen LogP contribution in [0.3, 0.4) is 0 Å². The summed E-state index contributed by atoms with van der Waals surface area (Å²) < 4.78 is 9.76. The molecule has 1 saturated carbocycles. The summed E-state index contributed by atoms with van der Waals surface area (Å²) in [4.78, 5) is 48.1. The first-order valence-electron chi connectivity index (χ1n) is 18.5. The zero-order valence-electron chi connectivity index (χ0n) is 30.1. The van der Waals surface area contributed by atoms with E-state index in [0.29, 0.717) is 42.1 Å². The SMILES string of the molecule is COC(=O)c1ccc2c(c1)CCC1=CC(=O)CC[C@]12Cc1ccccc1.COC(=O)c1ccc2c(c1)CC[C@@H]1CC(=O)CC[C@@]21Cc1ccccc1. The molecule has 0 N–H and O–H groups in total. The third kappa shape index (κ3) is 6.79. The number of allylic oxidation sites excluding steroid dienone is 2. The van der Waals surface area contributed by atoms with Gasteiger partial charge in [0, 0.05) is 30.1 Å². The number of aryl methyl sites for hydroxylation is 2. The van der Waals surface area contributed by atoms with Gasteiger partial charge in [-0.05, 0) is 121 Å². The van der Waals surface area contributed by atoms with Crippen molar-refractivity contribution in [2.75, 3.05) is 14.2 Å². The normalized spacial score (nSPS) is 23.0. The van der Waals surface area contributed by atoms with Crippen molar-refractivity contribution in [2.24, 2.45) is 5.92 Å².